The van der Waals surface area contributed by atoms with Gasteiger partial charge in [-0.1, -0.05) is 43.9 Å². The summed E-state index contributed by atoms with van der Waals surface area (Å²) < 4.78 is 47.1. The third-order valence-corrected chi connectivity index (χ3v) is 9.36. The molecule has 1 saturated carbocycles. The number of pyridine rings is 1. The maximum atomic E-state index is 13.3. The SMILES string of the molecule is CCOP(=O)(Cc1ccc(NC(=O)[C@H](CC2CCCC2)c2ccc(S(C)(=O)=O)cc2)nc1)OCC. The molecule has 1 atom stereocenters. The largest absolute Gasteiger partial charge is 0.335 e. The lowest BCUT2D eigenvalue weighted by Crippen LogP contribution is -2.23. The highest BCUT2D eigenvalue weighted by Gasteiger charge is 2.28. The van der Waals surface area contributed by atoms with E-state index in [1.807, 2.05) is 0 Å². The molecule has 0 bridgehead atoms. The number of nitrogens with one attached hydrogen (secondary N) is 1. The molecule has 1 aromatic heterocycles. The van der Waals surface area contributed by atoms with E-state index in [0.717, 1.165) is 18.4 Å². The van der Waals surface area contributed by atoms with Crippen molar-refractivity contribution < 1.29 is 26.8 Å². The maximum absolute atomic E-state index is 13.3. The van der Waals surface area contributed by atoms with Crippen LogP contribution >= 0.6 is 7.60 Å². The first-order valence-electron chi connectivity index (χ1n) is 12.1. The number of carbonyl (C=O) groups excluding carboxylic acids is 1. The second kappa shape index (κ2) is 12.3. The highest BCUT2D eigenvalue weighted by atomic mass is 32.2. The van der Waals surface area contributed by atoms with Gasteiger partial charge in [0.1, 0.15) is 5.82 Å². The summed E-state index contributed by atoms with van der Waals surface area (Å²) in [5, 5.41) is 2.90. The molecule has 1 aliphatic carbocycles. The summed E-state index contributed by atoms with van der Waals surface area (Å²) in [6.45, 7) is 4.09. The Labute approximate surface area is 208 Å². The second-order valence-corrected chi connectivity index (χ2v) is 13.0. The van der Waals surface area contributed by atoms with Crippen LogP contribution < -0.4 is 5.32 Å². The van der Waals surface area contributed by atoms with Crippen LogP contribution in [0.5, 0.6) is 0 Å². The van der Waals surface area contributed by atoms with Crippen LogP contribution in [-0.2, 0) is 34.4 Å². The monoisotopic (exact) mass is 522 g/mol. The lowest BCUT2D eigenvalue weighted by molar-refractivity contribution is -0.118. The topological polar surface area (TPSA) is 112 Å². The normalized spacial score (nSPS) is 15.7. The molecule has 1 heterocycles. The van der Waals surface area contributed by atoms with E-state index < -0.39 is 23.4 Å². The zero-order chi connectivity index (χ0) is 25.5. The van der Waals surface area contributed by atoms with E-state index in [4.69, 9.17) is 9.05 Å². The number of amides is 1. The molecule has 3 rings (SSSR count). The molecule has 2 aromatic rings. The summed E-state index contributed by atoms with van der Waals surface area (Å²) >= 11 is 0. The zero-order valence-electron chi connectivity index (χ0n) is 20.6. The molecule has 0 spiro atoms. The molecule has 1 aromatic carbocycles. The van der Waals surface area contributed by atoms with Crippen LogP contribution in [0.4, 0.5) is 5.82 Å². The van der Waals surface area contributed by atoms with Crippen LogP contribution in [-0.4, -0.2) is 38.8 Å². The number of anilines is 1. The van der Waals surface area contributed by atoms with Crippen molar-refractivity contribution in [3.05, 3.63) is 53.7 Å². The van der Waals surface area contributed by atoms with Crippen molar-refractivity contribution in [3.8, 4) is 0 Å². The minimum Gasteiger partial charge on any atom is -0.310 e. The van der Waals surface area contributed by atoms with E-state index in [1.165, 1.54) is 19.1 Å². The molecular weight excluding hydrogens is 487 g/mol. The van der Waals surface area contributed by atoms with Crippen molar-refractivity contribution in [2.75, 3.05) is 24.8 Å². The third-order valence-electron chi connectivity index (χ3n) is 6.17. The summed E-state index contributed by atoms with van der Waals surface area (Å²) in [7, 11) is -6.55. The number of hydrogen-bond donors (Lipinski definition) is 1. The van der Waals surface area contributed by atoms with Crippen molar-refractivity contribution in [2.45, 2.75) is 62.9 Å². The van der Waals surface area contributed by atoms with Crippen LogP contribution in [0.1, 0.15) is 63.0 Å². The fourth-order valence-electron chi connectivity index (χ4n) is 4.47. The summed E-state index contributed by atoms with van der Waals surface area (Å²) in [4.78, 5) is 17.9. The van der Waals surface area contributed by atoms with Gasteiger partial charge in [0.05, 0.1) is 30.2 Å². The molecule has 35 heavy (non-hydrogen) atoms. The Balaban J connectivity index is 1.75. The van der Waals surface area contributed by atoms with Crippen molar-refractivity contribution in [1.82, 2.24) is 4.98 Å². The van der Waals surface area contributed by atoms with Crippen molar-refractivity contribution in [2.24, 2.45) is 5.92 Å². The van der Waals surface area contributed by atoms with Gasteiger partial charge in [-0.05, 0) is 55.5 Å². The first-order chi connectivity index (χ1) is 16.6. The molecule has 0 saturated heterocycles. The molecule has 1 fully saturated rings. The van der Waals surface area contributed by atoms with Gasteiger partial charge in [0, 0.05) is 12.5 Å². The molecule has 1 amide bonds. The molecule has 1 N–H and O–H groups in total. The zero-order valence-corrected chi connectivity index (χ0v) is 22.3. The van der Waals surface area contributed by atoms with E-state index in [2.05, 4.69) is 10.3 Å². The second-order valence-electron chi connectivity index (χ2n) is 8.93. The smallest absolute Gasteiger partial charge is 0.310 e. The number of hydrogen-bond acceptors (Lipinski definition) is 7. The molecule has 0 unspecified atom stereocenters. The van der Waals surface area contributed by atoms with E-state index in [9.17, 15) is 17.8 Å². The number of sulfone groups is 1. The Morgan fingerprint density at radius 3 is 2.23 bits per heavy atom. The first kappa shape index (κ1) is 27.5. The number of aromatic nitrogens is 1. The molecule has 8 nitrogen and oxygen atoms in total. The summed E-state index contributed by atoms with van der Waals surface area (Å²) in [5.41, 5.74) is 1.47. The molecule has 0 radical (unpaired) electrons. The molecule has 192 valence electrons. The average molecular weight is 523 g/mol. The van der Waals surface area contributed by atoms with Gasteiger partial charge in [0.2, 0.25) is 5.91 Å². The molecule has 1 aliphatic rings. The van der Waals surface area contributed by atoms with Gasteiger partial charge in [-0.2, -0.15) is 0 Å². The number of benzene rings is 1. The molecule has 10 heteroatoms. The quantitative estimate of drug-likeness (QED) is 0.364. The fraction of sp³-hybridized carbons (Fsp3) is 0.520. The van der Waals surface area contributed by atoms with Crippen LogP contribution in [0.15, 0.2) is 47.5 Å². The van der Waals surface area contributed by atoms with Gasteiger partial charge in [-0.15, -0.1) is 0 Å². The predicted octanol–water partition coefficient (Wildman–Crippen LogP) is 5.55. The van der Waals surface area contributed by atoms with E-state index >= 15 is 0 Å². The van der Waals surface area contributed by atoms with E-state index in [0.29, 0.717) is 23.7 Å². The first-order valence-corrected chi connectivity index (χ1v) is 15.7. The van der Waals surface area contributed by atoms with Crippen LogP contribution in [0.2, 0.25) is 0 Å². The van der Waals surface area contributed by atoms with Crippen LogP contribution in [0.3, 0.4) is 0 Å². The molecular formula is C25H35N2O6PS. The molecule has 0 aliphatic heterocycles. The van der Waals surface area contributed by atoms with Crippen molar-refractivity contribution in [3.63, 3.8) is 0 Å². The minimum atomic E-state index is -3.31. The van der Waals surface area contributed by atoms with Crippen molar-refractivity contribution >= 4 is 29.2 Å². The summed E-state index contributed by atoms with van der Waals surface area (Å²) in [6, 6.07) is 9.99. The van der Waals surface area contributed by atoms with E-state index in [1.54, 1.807) is 56.4 Å². The number of nitrogens with zero attached hydrogens (tertiary/aromatic N) is 1. The predicted molar refractivity (Wildman–Crippen MR) is 136 cm³/mol. The Morgan fingerprint density at radius 1 is 1.09 bits per heavy atom. The van der Waals surface area contributed by atoms with Gasteiger partial charge >= 0.3 is 7.60 Å². The lowest BCUT2D eigenvalue weighted by Gasteiger charge is -2.21. The van der Waals surface area contributed by atoms with Crippen LogP contribution in [0, 0.1) is 5.92 Å². The fourth-order valence-corrected chi connectivity index (χ4v) is 6.78. The van der Waals surface area contributed by atoms with Gasteiger partial charge in [0.15, 0.2) is 9.84 Å². The Kier molecular flexibility index (Phi) is 9.64. The van der Waals surface area contributed by atoms with Gasteiger partial charge < -0.3 is 14.4 Å². The Bertz CT molecular complexity index is 1120. The van der Waals surface area contributed by atoms with Gasteiger partial charge in [-0.25, -0.2) is 13.4 Å². The minimum absolute atomic E-state index is 0.104. The van der Waals surface area contributed by atoms with Gasteiger partial charge in [0.25, 0.3) is 0 Å². The lowest BCUT2D eigenvalue weighted by atomic mass is 9.87. The van der Waals surface area contributed by atoms with Gasteiger partial charge in [-0.3, -0.25) is 9.36 Å². The summed E-state index contributed by atoms with van der Waals surface area (Å²) in [6.07, 6.45) is 8.07. The van der Waals surface area contributed by atoms with E-state index in [-0.39, 0.29) is 30.2 Å². The average Bonchev–Trinajstić information content (AvgIpc) is 3.32. The van der Waals surface area contributed by atoms with Crippen LogP contribution in [0.25, 0.3) is 0 Å². The number of carbonyl (C=O) groups is 1. The summed E-state index contributed by atoms with van der Waals surface area (Å²) in [5.74, 6) is 0.260. The highest BCUT2D eigenvalue weighted by molar-refractivity contribution is 7.90. The third kappa shape index (κ3) is 7.97. The Morgan fingerprint density at radius 2 is 1.71 bits per heavy atom. The highest BCUT2D eigenvalue weighted by Crippen LogP contribution is 2.51. The standard InChI is InChI=1S/C25H35N2O6PS/c1-4-32-34(29,33-5-2)18-20-10-15-24(26-17-20)27-25(28)23(16-19-8-6-7-9-19)21-11-13-22(14-12-21)35(3,30)31/h10-15,17,19,23H,4-9,16,18H2,1-3H3,(H,26,27,28)/t23-/m1/s1. The Hall–Kier alpha value is -2.06. The number of rotatable bonds is 12. The maximum Gasteiger partial charge on any atom is 0.335 e. The van der Waals surface area contributed by atoms with Crippen molar-refractivity contribution in [1.29, 1.82) is 0 Å².